The third kappa shape index (κ3) is 4.37. The number of carbonyl (C=O) groups is 2. The number of carbonyl (C=O) groups excluding carboxylic acids is 2. The quantitative estimate of drug-likeness (QED) is 0.773. The summed E-state index contributed by atoms with van der Waals surface area (Å²) >= 11 is 0. The van der Waals surface area contributed by atoms with E-state index in [0.29, 0.717) is 16.9 Å². The Bertz CT molecular complexity index is 740. The Hall–Kier alpha value is -2.38. The first-order valence-electron chi connectivity index (χ1n) is 8.07. The van der Waals surface area contributed by atoms with Gasteiger partial charge in [0.15, 0.2) is 5.69 Å². The minimum atomic E-state index is -0.325. The molecule has 0 aliphatic carbocycles. The van der Waals surface area contributed by atoms with E-state index in [1.165, 1.54) is 0 Å². The van der Waals surface area contributed by atoms with Crippen LogP contribution in [0.15, 0.2) is 36.5 Å². The molecule has 0 bridgehead atoms. The normalized spacial score (nSPS) is 16.6. The van der Waals surface area contributed by atoms with Gasteiger partial charge in [-0.3, -0.25) is 14.3 Å². The van der Waals surface area contributed by atoms with Crippen LogP contribution in [-0.2, 0) is 0 Å². The van der Waals surface area contributed by atoms with E-state index in [1.807, 2.05) is 10.9 Å². The highest BCUT2D eigenvalue weighted by Gasteiger charge is 2.19. The molecule has 1 aromatic carbocycles. The Morgan fingerprint density at radius 2 is 2.04 bits per heavy atom. The second-order valence-electron chi connectivity index (χ2n) is 5.76. The number of amides is 2. The van der Waals surface area contributed by atoms with Gasteiger partial charge in [0.25, 0.3) is 11.8 Å². The van der Waals surface area contributed by atoms with Crippen molar-refractivity contribution in [2.45, 2.75) is 18.9 Å². The summed E-state index contributed by atoms with van der Waals surface area (Å²) in [5.41, 5.74) is 1.23. The second kappa shape index (κ2) is 8.64. The number of hydrogen-bond donors (Lipinski definition) is 3. The van der Waals surface area contributed by atoms with Crippen molar-refractivity contribution in [3.63, 3.8) is 0 Å². The van der Waals surface area contributed by atoms with Crippen LogP contribution >= 0.6 is 12.4 Å². The second-order valence-corrected chi connectivity index (χ2v) is 5.76. The van der Waals surface area contributed by atoms with Gasteiger partial charge in [0.05, 0.1) is 17.3 Å². The molecular formula is C17H22ClN5O2. The topological polar surface area (TPSA) is 88.0 Å². The Balaban J connectivity index is 0.00000225. The number of nitrogens with zero attached hydrogens (tertiary/aromatic N) is 2. The average molecular weight is 364 g/mol. The van der Waals surface area contributed by atoms with E-state index in [-0.39, 0.29) is 30.3 Å². The van der Waals surface area contributed by atoms with Crippen molar-refractivity contribution in [2.24, 2.45) is 0 Å². The standard InChI is InChI=1S/C17H21N5O2.ClH/c1-18-16(23)13-6-2-3-7-14(13)20-17(24)15-8-10-22(21-15)12-5-4-9-19-11-12;/h2-3,6-8,10,12,19H,4-5,9,11H2,1H3,(H,18,23)(H,20,24);1H. The van der Waals surface area contributed by atoms with Crippen molar-refractivity contribution in [3.05, 3.63) is 47.8 Å². The molecule has 1 saturated heterocycles. The summed E-state index contributed by atoms with van der Waals surface area (Å²) in [4.78, 5) is 24.3. The summed E-state index contributed by atoms with van der Waals surface area (Å²) < 4.78 is 1.84. The van der Waals surface area contributed by atoms with Gasteiger partial charge in [-0.05, 0) is 37.6 Å². The van der Waals surface area contributed by atoms with Gasteiger partial charge in [0, 0.05) is 19.8 Å². The smallest absolute Gasteiger partial charge is 0.276 e. The summed E-state index contributed by atoms with van der Waals surface area (Å²) in [6.45, 7) is 1.89. The van der Waals surface area contributed by atoms with E-state index in [4.69, 9.17) is 0 Å². The van der Waals surface area contributed by atoms with Crippen LogP contribution in [-0.4, -0.2) is 41.7 Å². The van der Waals surface area contributed by atoms with Gasteiger partial charge < -0.3 is 16.0 Å². The predicted octanol–water partition coefficient (Wildman–Crippen LogP) is 1.84. The fraction of sp³-hybridized carbons (Fsp3) is 0.353. The molecule has 1 unspecified atom stereocenters. The summed E-state index contributed by atoms with van der Waals surface area (Å²) in [5.74, 6) is -0.571. The first kappa shape index (κ1) is 19.0. The molecule has 25 heavy (non-hydrogen) atoms. The molecular weight excluding hydrogens is 342 g/mol. The van der Waals surface area contributed by atoms with Gasteiger partial charge in [-0.1, -0.05) is 12.1 Å². The van der Waals surface area contributed by atoms with Crippen LogP contribution in [0.3, 0.4) is 0 Å². The molecule has 0 spiro atoms. The highest BCUT2D eigenvalue weighted by molar-refractivity contribution is 6.08. The van der Waals surface area contributed by atoms with Crippen LogP contribution in [0.25, 0.3) is 0 Å². The van der Waals surface area contributed by atoms with Crippen LogP contribution in [0, 0.1) is 0 Å². The van der Waals surface area contributed by atoms with Crippen molar-refractivity contribution in [2.75, 3.05) is 25.5 Å². The molecule has 7 nitrogen and oxygen atoms in total. The Morgan fingerprint density at radius 3 is 2.76 bits per heavy atom. The number of nitrogens with one attached hydrogen (secondary N) is 3. The molecule has 3 N–H and O–H groups in total. The van der Waals surface area contributed by atoms with Gasteiger partial charge in [0.1, 0.15) is 0 Å². The van der Waals surface area contributed by atoms with Gasteiger partial charge in [0.2, 0.25) is 0 Å². The monoisotopic (exact) mass is 363 g/mol. The molecule has 8 heteroatoms. The lowest BCUT2D eigenvalue weighted by Gasteiger charge is -2.22. The van der Waals surface area contributed by atoms with Gasteiger partial charge >= 0.3 is 0 Å². The number of anilines is 1. The molecule has 1 aliphatic rings. The van der Waals surface area contributed by atoms with E-state index in [0.717, 1.165) is 25.9 Å². The molecule has 2 heterocycles. The maximum absolute atomic E-state index is 12.4. The molecule has 2 aromatic rings. The predicted molar refractivity (Wildman–Crippen MR) is 98.4 cm³/mol. The number of benzene rings is 1. The molecule has 0 radical (unpaired) electrons. The summed E-state index contributed by atoms with van der Waals surface area (Å²) in [7, 11) is 1.56. The van der Waals surface area contributed by atoms with Crippen molar-refractivity contribution >= 4 is 29.9 Å². The van der Waals surface area contributed by atoms with Crippen LogP contribution in [0.2, 0.25) is 0 Å². The highest BCUT2D eigenvalue weighted by Crippen LogP contribution is 2.18. The number of para-hydroxylation sites is 1. The zero-order valence-electron chi connectivity index (χ0n) is 14.0. The van der Waals surface area contributed by atoms with E-state index in [2.05, 4.69) is 21.0 Å². The Kier molecular flexibility index (Phi) is 6.55. The number of piperidine rings is 1. The van der Waals surface area contributed by atoms with E-state index >= 15 is 0 Å². The van der Waals surface area contributed by atoms with Gasteiger partial charge in [-0.15, -0.1) is 12.4 Å². The maximum atomic E-state index is 12.4. The molecule has 2 amide bonds. The van der Waals surface area contributed by atoms with E-state index in [9.17, 15) is 9.59 Å². The fourth-order valence-electron chi connectivity index (χ4n) is 2.83. The molecule has 1 atom stereocenters. The minimum absolute atomic E-state index is 0. The Labute approximate surface area is 152 Å². The van der Waals surface area contributed by atoms with Crippen LogP contribution in [0.4, 0.5) is 5.69 Å². The van der Waals surface area contributed by atoms with Crippen molar-refractivity contribution in [1.29, 1.82) is 0 Å². The molecule has 134 valence electrons. The Morgan fingerprint density at radius 1 is 1.24 bits per heavy atom. The summed E-state index contributed by atoms with van der Waals surface area (Å²) in [6.07, 6.45) is 3.98. The van der Waals surface area contributed by atoms with E-state index < -0.39 is 0 Å². The highest BCUT2D eigenvalue weighted by atomic mass is 35.5. The molecule has 0 saturated carbocycles. The lowest BCUT2D eigenvalue weighted by molar-refractivity contribution is 0.0964. The molecule has 1 fully saturated rings. The number of halogens is 1. The van der Waals surface area contributed by atoms with Crippen molar-refractivity contribution in [3.8, 4) is 0 Å². The SMILES string of the molecule is CNC(=O)c1ccccc1NC(=O)c1ccn(C2CCCNC2)n1.Cl. The molecule has 1 aromatic heterocycles. The number of rotatable bonds is 4. The third-order valence-corrected chi connectivity index (χ3v) is 4.13. The lowest BCUT2D eigenvalue weighted by atomic mass is 10.1. The number of hydrogen-bond acceptors (Lipinski definition) is 4. The summed E-state index contributed by atoms with van der Waals surface area (Å²) in [6, 6.07) is 8.87. The zero-order chi connectivity index (χ0) is 16.9. The summed E-state index contributed by atoms with van der Waals surface area (Å²) in [5, 5.41) is 13.1. The zero-order valence-corrected chi connectivity index (χ0v) is 14.8. The van der Waals surface area contributed by atoms with Gasteiger partial charge in [-0.25, -0.2) is 0 Å². The van der Waals surface area contributed by atoms with Crippen molar-refractivity contribution in [1.82, 2.24) is 20.4 Å². The number of aromatic nitrogens is 2. The van der Waals surface area contributed by atoms with Crippen molar-refractivity contribution < 1.29 is 9.59 Å². The largest absolute Gasteiger partial charge is 0.355 e. The maximum Gasteiger partial charge on any atom is 0.276 e. The third-order valence-electron chi connectivity index (χ3n) is 4.13. The van der Waals surface area contributed by atoms with Crippen LogP contribution in [0.1, 0.15) is 39.7 Å². The molecule has 3 rings (SSSR count). The molecule has 1 aliphatic heterocycles. The van der Waals surface area contributed by atoms with Crippen LogP contribution in [0.5, 0.6) is 0 Å². The van der Waals surface area contributed by atoms with E-state index in [1.54, 1.807) is 37.4 Å². The minimum Gasteiger partial charge on any atom is -0.355 e. The first-order chi connectivity index (χ1) is 11.7. The average Bonchev–Trinajstić information content (AvgIpc) is 3.12. The fourth-order valence-corrected chi connectivity index (χ4v) is 2.83. The van der Waals surface area contributed by atoms with Crippen LogP contribution < -0.4 is 16.0 Å². The first-order valence-corrected chi connectivity index (χ1v) is 8.07. The van der Waals surface area contributed by atoms with Gasteiger partial charge in [-0.2, -0.15) is 5.10 Å². The lowest BCUT2D eigenvalue weighted by Crippen LogP contribution is -2.32.